The molecule has 1 amide bonds. The molecule has 1 unspecified atom stereocenters. The molecule has 8 nitrogen and oxygen atoms in total. The van der Waals surface area contributed by atoms with Gasteiger partial charge in [-0.15, -0.1) is 6.42 Å². The molecule has 5 aliphatic rings. The number of benzene rings is 2. The van der Waals surface area contributed by atoms with E-state index in [1.54, 1.807) is 12.1 Å². The molecule has 4 aliphatic heterocycles. The molecule has 3 saturated heterocycles. The van der Waals surface area contributed by atoms with E-state index in [0.29, 0.717) is 49.8 Å². The van der Waals surface area contributed by atoms with E-state index in [2.05, 4.69) is 29.2 Å². The first kappa shape index (κ1) is 34.1. The lowest BCUT2D eigenvalue weighted by Crippen LogP contribution is -2.56. The first-order valence-corrected chi connectivity index (χ1v) is 18.2. The SMILES string of the molecule is C#Cc1c(F)ccc2c1N(C1=Cc3nc(OC[C@]4(C)C[C@@H](F)CN4c4ccc(F)cc4)nc(N4C[C@H]5CC(C)[C@@H](C4)N5C(=O)C=C)c3CC1)CCC2. The van der Waals surface area contributed by atoms with Gasteiger partial charge in [-0.05, 0) is 93.0 Å². The van der Waals surface area contributed by atoms with Gasteiger partial charge in [0, 0.05) is 49.5 Å². The quantitative estimate of drug-likeness (QED) is 0.206. The highest BCUT2D eigenvalue weighted by molar-refractivity contribution is 5.88. The number of piperazine rings is 1. The molecule has 1 aromatic heterocycles. The number of carbonyl (C=O) groups is 1. The van der Waals surface area contributed by atoms with Gasteiger partial charge in [-0.2, -0.15) is 9.97 Å². The standard InChI is InChI=1S/C41H43F3N6O2/c1-5-32-34(44)16-9-26-8-7-17-48(38(26)32)30-14-15-33-35(19-30)45-40(46-39(33)47-22-31-18-25(3)36(23-47)50(31)37(51)6-2)52-24-41(4)20-28(43)21-49(41)29-12-10-27(42)11-13-29/h1,6,9-13,16,19,25,28,31,36H,2,7-8,14-15,17-18,20-24H2,3-4H3/t25?,28-,31-,36-,41+/m1/s1. The summed E-state index contributed by atoms with van der Waals surface area (Å²) in [6.45, 7) is 10.1. The van der Waals surface area contributed by atoms with Gasteiger partial charge >= 0.3 is 6.01 Å². The van der Waals surface area contributed by atoms with Gasteiger partial charge < -0.3 is 24.3 Å². The first-order chi connectivity index (χ1) is 25.1. The topological polar surface area (TPSA) is 65.0 Å². The molecule has 5 atom stereocenters. The number of alkyl halides is 1. The number of allylic oxidation sites excluding steroid dienone is 1. The van der Waals surface area contributed by atoms with Crippen LogP contribution in [0.25, 0.3) is 6.08 Å². The normalized spacial score (nSPS) is 26.4. The van der Waals surface area contributed by atoms with E-state index in [9.17, 15) is 13.6 Å². The Hall–Kier alpha value is -4.98. The van der Waals surface area contributed by atoms with Crippen LogP contribution >= 0.6 is 0 Å². The van der Waals surface area contributed by atoms with E-state index in [1.807, 2.05) is 28.9 Å². The van der Waals surface area contributed by atoms with E-state index >= 15 is 4.39 Å². The van der Waals surface area contributed by atoms with Crippen molar-refractivity contribution in [2.45, 2.75) is 76.2 Å². The third kappa shape index (κ3) is 5.86. The second-order valence-corrected chi connectivity index (χ2v) is 15.1. The number of anilines is 3. The van der Waals surface area contributed by atoms with E-state index in [-0.39, 0.29) is 55.0 Å². The van der Waals surface area contributed by atoms with Crippen LogP contribution < -0.4 is 19.4 Å². The zero-order chi connectivity index (χ0) is 36.3. The molecule has 8 rings (SSSR count). The summed E-state index contributed by atoms with van der Waals surface area (Å²) in [4.78, 5) is 31.2. The number of hydrogen-bond acceptors (Lipinski definition) is 7. The van der Waals surface area contributed by atoms with Gasteiger partial charge in [0.1, 0.15) is 30.2 Å². The number of carbonyl (C=O) groups excluding carboxylic acids is 1. The Kier molecular flexibility index (Phi) is 8.67. The highest BCUT2D eigenvalue weighted by Gasteiger charge is 2.47. The number of aromatic nitrogens is 2. The van der Waals surface area contributed by atoms with Crippen LogP contribution in [0.5, 0.6) is 6.01 Å². The Labute approximate surface area is 303 Å². The largest absolute Gasteiger partial charge is 0.461 e. The third-order valence-electron chi connectivity index (χ3n) is 11.7. The molecular formula is C41H43F3N6O2. The van der Waals surface area contributed by atoms with Crippen LogP contribution in [0.4, 0.5) is 30.4 Å². The zero-order valence-corrected chi connectivity index (χ0v) is 29.6. The maximum absolute atomic E-state index is 15.0. The minimum absolute atomic E-state index is 0.0130. The Morgan fingerprint density at radius 1 is 1.12 bits per heavy atom. The molecule has 3 fully saturated rings. The van der Waals surface area contributed by atoms with Crippen molar-refractivity contribution in [1.29, 1.82) is 0 Å². The number of ether oxygens (including phenoxy) is 1. The van der Waals surface area contributed by atoms with Crippen molar-refractivity contribution < 1.29 is 22.7 Å². The monoisotopic (exact) mass is 708 g/mol. The summed E-state index contributed by atoms with van der Waals surface area (Å²) >= 11 is 0. The molecule has 5 heterocycles. The van der Waals surface area contributed by atoms with Crippen molar-refractivity contribution in [1.82, 2.24) is 14.9 Å². The summed E-state index contributed by atoms with van der Waals surface area (Å²) in [6, 6.07) is 9.57. The smallest absolute Gasteiger partial charge is 0.319 e. The van der Waals surface area contributed by atoms with E-state index in [0.717, 1.165) is 47.6 Å². The Bertz CT molecular complexity index is 2000. The summed E-state index contributed by atoms with van der Waals surface area (Å²) in [6.07, 6.45) is 12.4. The zero-order valence-electron chi connectivity index (χ0n) is 29.6. The average molecular weight is 709 g/mol. The molecule has 52 heavy (non-hydrogen) atoms. The molecule has 3 aromatic rings. The van der Waals surface area contributed by atoms with Crippen molar-refractivity contribution in [2.24, 2.45) is 5.92 Å². The van der Waals surface area contributed by atoms with Gasteiger partial charge in [-0.3, -0.25) is 4.79 Å². The Morgan fingerprint density at radius 2 is 1.92 bits per heavy atom. The van der Waals surface area contributed by atoms with Gasteiger partial charge in [-0.25, -0.2) is 13.2 Å². The van der Waals surface area contributed by atoms with Gasteiger partial charge in [0.15, 0.2) is 0 Å². The summed E-state index contributed by atoms with van der Waals surface area (Å²) in [5, 5.41) is 0. The summed E-state index contributed by atoms with van der Waals surface area (Å²) in [5.74, 6) is 2.87. The minimum Gasteiger partial charge on any atom is -0.461 e. The van der Waals surface area contributed by atoms with Crippen LogP contribution in [0.2, 0.25) is 0 Å². The van der Waals surface area contributed by atoms with Gasteiger partial charge in [0.25, 0.3) is 0 Å². The van der Waals surface area contributed by atoms with Crippen LogP contribution in [0.3, 0.4) is 0 Å². The maximum atomic E-state index is 15.0. The minimum atomic E-state index is -1.08. The second kappa shape index (κ2) is 13.2. The van der Waals surface area contributed by atoms with Crippen molar-refractivity contribution in [3.05, 3.63) is 88.8 Å². The fourth-order valence-electron chi connectivity index (χ4n) is 9.25. The van der Waals surface area contributed by atoms with Crippen LogP contribution in [0, 0.1) is 29.9 Å². The summed E-state index contributed by atoms with van der Waals surface area (Å²) in [5.41, 5.74) is 4.72. The number of amides is 1. The summed E-state index contributed by atoms with van der Waals surface area (Å²) in [7, 11) is 0. The first-order valence-electron chi connectivity index (χ1n) is 18.2. The fraction of sp³-hybridized carbons (Fsp3) is 0.439. The highest BCUT2D eigenvalue weighted by Crippen LogP contribution is 2.42. The molecular weight excluding hydrogens is 665 g/mol. The molecule has 2 aromatic carbocycles. The van der Waals surface area contributed by atoms with Crippen molar-refractivity contribution in [2.75, 3.05) is 47.5 Å². The van der Waals surface area contributed by atoms with Gasteiger partial charge in [0.05, 0.1) is 34.6 Å². The number of hydrogen-bond donors (Lipinski definition) is 0. The number of nitrogens with zero attached hydrogens (tertiary/aromatic N) is 6. The lowest BCUT2D eigenvalue weighted by atomic mass is 9.93. The molecule has 1 aliphatic carbocycles. The van der Waals surface area contributed by atoms with Crippen molar-refractivity contribution in [3.63, 3.8) is 0 Å². The predicted molar refractivity (Wildman–Crippen MR) is 196 cm³/mol. The number of aryl methyl sites for hydroxylation is 1. The summed E-state index contributed by atoms with van der Waals surface area (Å²) < 4.78 is 50.2. The molecule has 0 spiro atoms. The number of rotatable bonds is 7. The van der Waals surface area contributed by atoms with Crippen LogP contribution in [-0.2, 0) is 17.6 Å². The molecule has 0 saturated carbocycles. The van der Waals surface area contributed by atoms with E-state index < -0.39 is 17.5 Å². The maximum Gasteiger partial charge on any atom is 0.319 e. The second-order valence-electron chi connectivity index (χ2n) is 15.1. The molecule has 11 heteroatoms. The lowest BCUT2D eigenvalue weighted by molar-refractivity contribution is -0.129. The Balaban J connectivity index is 1.16. The van der Waals surface area contributed by atoms with Gasteiger partial charge in [-0.1, -0.05) is 25.5 Å². The third-order valence-corrected chi connectivity index (χ3v) is 11.7. The van der Waals surface area contributed by atoms with Crippen LogP contribution in [-0.4, -0.2) is 77.4 Å². The molecule has 2 bridgehead atoms. The Morgan fingerprint density at radius 3 is 2.67 bits per heavy atom. The molecule has 0 radical (unpaired) electrons. The van der Waals surface area contributed by atoms with E-state index in [4.69, 9.17) is 21.1 Å². The van der Waals surface area contributed by atoms with Crippen molar-refractivity contribution in [3.8, 4) is 18.4 Å². The van der Waals surface area contributed by atoms with E-state index in [1.165, 1.54) is 24.3 Å². The fourth-order valence-corrected chi connectivity index (χ4v) is 9.25. The highest BCUT2D eigenvalue weighted by atomic mass is 19.1. The molecule has 0 N–H and O–H groups in total. The molecule has 270 valence electrons. The van der Waals surface area contributed by atoms with Crippen molar-refractivity contribution >= 4 is 29.2 Å². The van der Waals surface area contributed by atoms with Gasteiger partial charge in [0.2, 0.25) is 5.91 Å². The number of terminal acetylenes is 1. The average Bonchev–Trinajstić information content (AvgIpc) is 3.56. The lowest BCUT2D eigenvalue weighted by Gasteiger charge is -2.43. The number of halogens is 3. The predicted octanol–water partition coefficient (Wildman–Crippen LogP) is 6.47. The van der Waals surface area contributed by atoms with Crippen LogP contribution in [0.1, 0.15) is 61.9 Å². The number of fused-ring (bicyclic) bond motifs is 4. The van der Waals surface area contributed by atoms with Crippen LogP contribution in [0.15, 0.2) is 54.8 Å².